The van der Waals surface area contributed by atoms with Crippen LogP contribution >= 0.6 is 0 Å². The van der Waals surface area contributed by atoms with Crippen LogP contribution in [0.25, 0.3) is 0 Å². The first-order valence-corrected chi connectivity index (χ1v) is 19.1. The third-order valence-corrected chi connectivity index (χ3v) is 15.0. The number of amides is 2. The number of hydrogen-bond donors (Lipinski definition) is 1. The monoisotopic (exact) mass is 655 g/mol. The Hall–Kier alpha value is -4.32. The van der Waals surface area contributed by atoms with Crippen LogP contribution in [-0.2, 0) is 32.9 Å². The highest BCUT2D eigenvalue weighted by molar-refractivity contribution is 6.91. The maximum Gasteiger partial charge on any atom is 0.269 e. The van der Waals surface area contributed by atoms with Crippen molar-refractivity contribution in [3.05, 3.63) is 106 Å². The third-order valence-electron chi connectivity index (χ3n) is 10.6. The Morgan fingerprint density at radius 2 is 1.87 bits per heavy atom. The lowest BCUT2D eigenvalue weighted by Crippen LogP contribution is -2.52. The fourth-order valence-electron chi connectivity index (χ4n) is 8.26. The first kappa shape index (κ1) is 32.6. The largest absolute Gasteiger partial charge is 0.497 e. The second-order valence-corrected chi connectivity index (χ2v) is 18.0. The Bertz CT molecular complexity index is 1730. The summed E-state index contributed by atoms with van der Waals surface area (Å²) in [4.78, 5) is 43.7. The molecule has 1 saturated heterocycles. The number of nitro groups is 1. The van der Waals surface area contributed by atoms with Gasteiger partial charge in [0.25, 0.3) is 11.6 Å². The predicted octanol–water partition coefficient (Wildman–Crippen LogP) is 4.69. The van der Waals surface area contributed by atoms with Gasteiger partial charge in [0.15, 0.2) is 5.60 Å². The molecule has 5 atom stereocenters. The number of rotatable bonds is 9. The van der Waals surface area contributed by atoms with Crippen molar-refractivity contribution in [3.8, 4) is 5.75 Å². The second-order valence-electron chi connectivity index (χ2n) is 13.4. The second kappa shape index (κ2) is 12.4. The van der Waals surface area contributed by atoms with Crippen molar-refractivity contribution in [1.29, 1.82) is 0 Å². The number of hydrogen-bond acceptors (Lipinski definition) is 7. The van der Waals surface area contributed by atoms with Gasteiger partial charge in [0.1, 0.15) is 5.75 Å². The topological polar surface area (TPSA) is 122 Å². The molecule has 1 fully saturated rings. The number of aliphatic hydroxyl groups is 1. The molecule has 1 N–H and O–H groups in total. The zero-order valence-electron chi connectivity index (χ0n) is 27.2. The molecule has 3 aliphatic heterocycles. The van der Waals surface area contributed by atoms with E-state index in [9.17, 15) is 24.8 Å². The molecule has 10 nitrogen and oxygen atoms in total. The highest BCUT2D eigenvalue weighted by atomic mass is 28.3. The number of carbonyl (C=O) groups is 2. The number of anilines is 1. The van der Waals surface area contributed by atoms with Crippen molar-refractivity contribution in [3.63, 3.8) is 0 Å². The molecule has 3 aromatic rings. The van der Waals surface area contributed by atoms with Gasteiger partial charge in [-0.3, -0.25) is 19.7 Å². The van der Waals surface area contributed by atoms with Gasteiger partial charge in [0, 0.05) is 36.7 Å². The van der Waals surface area contributed by atoms with Gasteiger partial charge in [-0.2, -0.15) is 0 Å². The summed E-state index contributed by atoms with van der Waals surface area (Å²) in [6.45, 7) is 10.7. The third kappa shape index (κ3) is 5.26. The first-order chi connectivity index (χ1) is 22.5. The zero-order valence-corrected chi connectivity index (χ0v) is 28.2. The van der Waals surface area contributed by atoms with E-state index in [0.717, 1.165) is 22.1 Å². The van der Waals surface area contributed by atoms with Crippen LogP contribution in [0.1, 0.15) is 30.0 Å². The van der Waals surface area contributed by atoms with Crippen molar-refractivity contribution in [2.75, 3.05) is 25.2 Å². The minimum atomic E-state index is -2.55. The highest BCUT2D eigenvalue weighted by Gasteiger charge is 2.66. The summed E-state index contributed by atoms with van der Waals surface area (Å²) >= 11 is 0. The Morgan fingerprint density at radius 1 is 1.17 bits per heavy atom. The SMILES string of the molecule is C=CCN1C(=O)[C@@]2(O[C@@H](CC(=O)N3Cc4ccccc4C[C@H]3CO)[C@H]([Si](C)(C)c3ccc(OC)cc3)[C@H]2C)c2cc([N+](=O)[O-])ccc21. The Labute approximate surface area is 275 Å². The lowest BCUT2D eigenvalue weighted by molar-refractivity contribution is -0.385. The van der Waals surface area contributed by atoms with Gasteiger partial charge in [-0.1, -0.05) is 67.7 Å². The molecule has 0 aromatic heterocycles. The van der Waals surface area contributed by atoms with E-state index in [0.29, 0.717) is 24.2 Å². The van der Waals surface area contributed by atoms with Crippen LogP contribution < -0.4 is 14.8 Å². The van der Waals surface area contributed by atoms with E-state index in [2.05, 4.69) is 19.7 Å². The molecule has 0 radical (unpaired) electrons. The van der Waals surface area contributed by atoms with E-state index in [1.165, 1.54) is 12.1 Å². The minimum absolute atomic E-state index is 0.000999. The van der Waals surface area contributed by atoms with Gasteiger partial charge >= 0.3 is 0 Å². The molecule has 3 aromatic carbocycles. The molecule has 1 spiro atoms. The smallest absolute Gasteiger partial charge is 0.269 e. The molecule has 246 valence electrons. The average molecular weight is 656 g/mol. The van der Waals surface area contributed by atoms with Crippen molar-refractivity contribution < 1.29 is 29.1 Å². The van der Waals surface area contributed by atoms with E-state index in [1.807, 2.05) is 55.5 Å². The standard InChI is InChI=1S/C36H41N3O7Si/c1-6-17-37-31-16-11-26(39(43)44)19-30(31)36(35(37)42)23(2)34(47(4,5)29-14-12-28(45-3)13-15-29)32(46-36)20-33(41)38-21-25-10-8-7-9-24(25)18-27(38)22-40/h6-16,19,23,27,32,34,40H,1,17-18,20-22H2,2-5H3/t23-,27+,32+,34-,36+/m1/s1. The fourth-order valence-corrected chi connectivity index (χ4v) is 12.3. The summed E-state index contributed by atoms with van der Waals surface area (Å²) in [6, 6.07) is 20.0. The Kier molecular flexibility index (Phi) is 8.58. The number of fused-ring (bicyclic) bond motifs is 3. The van der Waals surface area contributed by atoms with Crippen LogP contribution in [0.4, 0.5) is 11.4 Å². The zero-order chi connectivity index (χ0) is 33.7. The van der Waals surface area contributed by atoms with Gasteiger partial charge in [-0.15, -0.1) is 6.58 Å². The van der Waals surface area contributed by atoms with E-state index in [4.69, 9.17) is 9.47 Å². The Morgan fingerprint density at radius 3 is 2.51 bits per heavy atom. The van der Waals surface area contributed by atoms with Gasteiger partial charge in [0.05, 0.1) is 51.0 Å². The van der Waals surface area contributed by atoms with E-state index in [1.54, 1.807) is 29.1 Å². The number of methoxy groups -OCH3 is 1. The number of aliphatic hydroxyl groups excluding tert-OH is 1. The first-order valence-electron chi connectivity index (χ1n) is 16.0. The summed E-state index contributed by atoms with van der Waals surface area (Å²) in [7, 11) is -0.936. The van der Waals surface area contributed by atoms with Crippen LogP contribution in [0.3, 0.4) is 0 Å². The maximum atomic E-state index is 14.6. The van der Waals surface area contributed by atoms with Crippen molar-refractivity contribution in [2.24, 2.45) is 5.92 Å². The molecule has 6 rings (SSSR count). The number of benzene rings is 3. The number of carbonyl (C=O) groups excluding carboxylic acids is 2. The molecule has 0 saturated carbocycles. The molecule has 47 heavy (non-hydrogen) atoms. The summed E-state index contributed by atoms with van der Waals surface area (Å²) < 4.78 is 12.4. The van der Waals surface area contributed by atoms with E-state index >= 15 is 0 Å². The number of nitrogens with zero attached hydrogens (tertiary/aromatic N) is 3. The predicted molar refractivity (Wildman–Crippen MR) is 181 cm³/mol. The summed E-state index contributed by atoms with van der Waals surface area (Å²) in [6.07, 6.45) is 1.50. The lowest BCUT2D eigenvalue weighted by atomic mass is 9.82. The lowest BCUT2D eigenvalue weighted by Gasteiger charge is -2.39. The number of nitro benzene ring substituents is 1. The molecule has 2 amide bonds. The molecular formula is C36H41N3O7Si. The van der Waals surface area contributed by atoms with Gasteiger partial charge < -0.3 is 24.4 Å². The molecule has 3 heterocycles. The maximum absolute atomic E-state index is 14.6. The molecule has 3 aliphatic rings. The van der Waals surface area contributed by atoms with Gasteiger partial charge in [0.2, 0.25) is 5.91 Å². The summed E-state index contributed by atoms with van der Waals surface area (Å²) in [5.41, 5.74) is 1.27. The quantitative estimate of drug-likeness (QED) is 0.154. The van der Waals surface area contributed by atoms with Crippen molar-refractivity contribution >= 4 is 36.4 Å². The van der Waals surface area contributed by atoms with Crippen LogP contribution in [0, 0.1) is 16.0 Å². The minimum Gasteiger partial charge on any atom is -0.497 e. The van der Waals surface area contributed by atoms with Crippen LogP contribution in [0.15, 0.2) is 79.4 Å². The van der Waals surface area contributed by atoms with Crippen LogP contribution in [0.5, 0.6) is 5.75 Å². The molecule has 0 bridgehead atoms. The number of ether oxygens (including phenoxy) is 2. The van der Waals surface area contributed by atoms with Gasteiger partial charge in [-0.25, -0.2) is 0 Å². The van der Waals surface area contributed by atoms with E-state index < -0.39 is 30.6 Å². The molecule has 0 unspecified atom stereocenters. The molecule has 11 heteroatoms. The van der Waals surface area contributed by atoms with Crippen LogP contribution in [-0.4, -0.2) is 67.2 Å². The summed E-state index contributed by atoms with van der Waals surface area (Å²) in [5, 5.41) is 23.4. The number of non-ortho nitro benzene ring substituents is 1. The van der Waals surface area contributed by atoms with E-state index in [-0.39, 0.29) is 48.7 Å². The van der Waals surface area contributed by atoms with Crippen molar-refractivity contribution in [2.45, 2.75) is 62.7 Å². The normalized spacial score (nSPS) is 25.1. The summed E-state index contributed by atoms with van der Waals surface area (Å²) in [5.74, 6) is -0.168. The fraction of sp³-hybridized carbons (Fsp3) is 0.389. The molecule has 0 aliphatic carbocycles. The highest BCUT2D eigenvalue weighted by Crippen LogP contribution is 2.60. The molecular weight excluding hydrogens is 614 g/mol. The van der Waals surface area contributed by atoms with Crippen molar-refractivity contribution in [1.82, 2.24) is 4.90 Å². The average Bonchev–Trinajstić information content (AvgIpc) is 3.50. The Balaban J connectivity index is 1.45. The van der Waals surface area contributed by atoms with Crippen LogP contribution in [0.2, 0.25) is 18.6 Å². The van der Waals surface area contributed by atoms with Gasteiger partial charge in [-0.05, 0) is 41.3 Å².